The molecule has 3 rings (SSSR count). The number of sulfone groups is 1. The Morgan fingerprint density at radius 3 is 2.37 bits per heavy atom. The largest absolute Gasteiger partial charge is 0.447 e. The fourth-order valence-corrected chi connectivity index (χ4v) is 4.66. The number of carbonyl (C=O) groups is 1. The summed E-state index contributed by atoms with van der Waals surface area (Å²) in [5.41, 5.74) is 0.468. The number of piperidine rings is 1. The van der Waals surface area contributed by atoms with Crippen molar-refractivity contribution in [3.8, 4) is 0 Å². The highest BCUT2D eigenvalue weighted by atomic mass is 32.2. The number of hydrogen-bond donors (Lipinski definition) is 0. The van der Waals surface area contributed by atoms with E-state index in [1.54, 1.807) is 4.90 Å². The van der Waals surface area contributed by atoms with E-state index in [1.807, 2.05) is 13.8 Å². The van der Waals surface area contributed by atoms with E-state index >= 15 is 0 Å². The van der Waals surface area contributed by atoms with Crippen molar-refractivity contribution in [2.24, 2.45) is 11.8 Å². The minimum atomic E-state index is -3.61. The third kappa shape index (κ3) is 5.92. The number of likely N-dealkylation sites (tertiary alicyclic amines) is 1. The highest BCUT2D eigenvalue weighted by Gasteiger charge is 2.30. The molecule has 0 N–H and O–H groups in total. The van der Waals surface area contributed by atoms with Crippen LogP contribution in [-0.2, 0) is 24.0 Å². The maximum absolute atomic E-state index is 14.1. The van der Waals surface area contributed by atoms with Crippen LogP contribution in [0.4, 0.5) is 9.18 Å². The van der Waals surface area contributed by atoms with Crippen LogP contribution in [0.5, 0.6) is 0 Å². The van der Waals surface area contributed by atoms with Gasteiger partial charge in [0.2, 0.25) is 0 Å². The number of hydrogen-bond acceptors (Lipinski definition) is 6. The van der Waals surface area contributed by atoms with Crippen molar-refractivity contribution in [1.82, 2.24) is 4.90 Å². The Bertz CT molecular complexity index is 843. The predicted octanol–water partition coefficient (Wildman–Crippen LogP) is 3.54. The highest BCUT2D eigenvalue weighted by Crippen LogP contribution is 2.32. The zero-order valence-electron chi connectivity index (χ0n) is 17.7. The molecule has 2 saturated heterocycles. The molecule has 7 nitrogen and oxygen atoms in total. The van der Waals surface area contributed by atoms with Crippen molar-refractivity contribution >= 4 is 15.9 Å². The van der Waals surface area contributed by atoms with E-state index in [2.05, 4.69) is 0 Å². The van der Waals surface area contributed by atoms with Gasteiger partial charge in [-0.3, -0.25) is 0 Å². The number of ether oxygens (including phenoxy) is 3. The fourth-order valence-electron chi connectivity index (χ4n) is 3.93. The Morgan fingerprint density at radius 1 is 1.20 bits per heavy atom. The molecule has 1 aromatic carbocycles. The summed E-state index contributed by atoms with van der Waals surface area (Å²) in [6.45, 7) is 6.06. The second-order valence-corrected chi connectivity index (χ2v) is 10.4. The summed E-state index contributed by atoms with van der Waals surface area (Å²) >= 11 is 0. The van der Waals surface area contributed by atoms with Crippen molar-refractivity contribution in [3.63, 3.8) is 0 Å². The molecule has 0 unspecified atom stereocenters. The molecule has 168 valence electrons. The molecule has 1 amide bonds. The summed E-state index contributed by atoms with van der Waals surface area (Å²) in [5.74, 6) is -0.0685. The van der Waals surface area contributed by atoms with Gasteiger partial charge in [-0.25, -0.2) is 17.6 Å². The number of rotatable bonds is 5. The molecular weight excluding hydrogens is 413 g/mol. The summed E-state index contributed by atoms with van der Waals surface area (Å²) in [5, 5.41) is 0. The lowest BCUT2D eigenvalue weighted by Gasteiger charge is -2.35. The van der Waals surface area contributed by atoms with Gasteiger partial charge in [-0.15, -0.1) is 0 Å². The smallest absolute Gasteiger partial charge is 0.410 e. The van der Waals surface area contributed by atoms with Gasteiger partial charge < -0.3 is 19.1 Å². The molecule has 0 atom stereocenters. The predicted molar refractivity (Wildman–Crippen MR) is 108 cm³/mol. The standard InChI is InChI=1S/C21H30FNO6S/c1-14(2)29-21(24)23-8-6-15(7-9-23)10-16-12-27-20(28-13-16)17-4-5-19(18(22)11-17)30(3,25)26/h4-5,11,14-16,20H,6-10,12-13H2,1-3H3/t16-,20+. The van der Waals surface area contributed by atoms with Crippen LogP contribution in [0.15, 0.2) is 23.1 Å². The molecule has 2 aliphatic heterocycles. The Balaban J connectivity index is 1.45. The Morgan fingerprint density at radius 2 is 1.83 bits per heavy atom. The lowest BCUT2D eigenvalue weighted by molar-refractivity contribution is -0.208. The van der Waals surface area contributed by atoms with Gasteiger partial charge in [0.15, 0.2) is 16.1 Å². The summed E-state index contributed by atoms with van der Waals surface area (Å²) in [4.78, 5) is 13.4. The highest BCUT2D eigenvalue weighted by molar-refractivity contribution is 7.90. The first-order valence-corrected chi connectivity index (χ1v) is 12.2. The molecule has 2 fully saturated rings. The molecule has 0 aliphatic carbocycles. The first-order valence-electron chi connectivity index (χ1n) is 10.3. The topological polar surface area (TPSA) is 82.1 Å². The van der Waals surface area contributed by atoms with Gasteiger partial charge in [0, 0.05) is 30.8 Å². The van der Waals surface area contributed by atoms with Gasteiger partial charge in [0.1, 0.15) is 10.7 Å². The quantitative estimate of drug-likeness (QED) is 0.692. The molecule has 0 saturated carbocycles. The van der Waals surface area contributed by atoms with E-state index in [-0.39, 0.29) is 23.0 Å². The van der Waals surface area contributed by atoms with Gasteiger partial charge >= 0.3 is 6.09 Å². The minimum absolute atomic E-state index is 0.115. The minimum Gasteiger partial charge on any atom is -0.447 e. The Labute approximate surface area is 177 Å². The summed E-state index contributed by atoms with van der Waals surface area (Å²) < 4.78 is 54.0. The monoisotopic (exact) mass is 443 g/mol. The second kappa shape index (κ2) is 9.62. The van der Waals surface area contributed by atoms with Crippen molar-refractivity contribution < 1.29 is 31.8 Å². The molecule has 0 spiro atoms. The molecule has 2 heterocycles. The van der Waals surface area contributed by atoms with E-state index in [0.717, 1.165) is 31.6 Å². The number of amides is 1. The fraction of sp³-hybridized carbons (Fsp3) is 0.667. The average Bonchev–Trinajstić information content (AvgIpc) is 2.67. The van der Waals surface area contributed by atoms with Gasteiger partial charge in [0.05, 0.1) is 19.3 Å². The van der Waals surface area contributed by atoms with Crippen molar-refractivity contribution in [2.45, 2.75) is 50.4 Å². The number of halogens is 1. The SMILES string of the molecule is CC(C)OC(=O)N1CCC(C[C@H]2CO[C@@H](c3ccc(S(C)(=O)=O)c(F)c3)OC2)CC1. The van der Waals surface area contributed by atoms with Crippen LogP contribution in [0.2, 0.25) is 0 Å². The second-order valence-electron chi connectivity index (χ2n) is 8.43. The Kier molecular flexibility index (Phi) is 7.36. The maximum atomic E-state index is 14.1. The molecule has 30 heavy (non-hydrogen) atoms. The van der Waals surface area contributed by atoms with Crippen LogP contribution >= 0.6 is 0 Å². The van der Waals surface area contributed by atoms with Crippen molar-refractivity contribution in [3.05, 3.63) is 29.6 Å². The zero-order valence-corrected chi connectivity index (χ0v) is 18.5. The van der Waals surface area contributed by atoms with E-state index in [9.17, 15) is 17.6 Å². The third-order valence-corrected chi connectivity index (χ3v) is 6.60. The summed E-state index contributed by atoms with van der Waals surface area (Å²) in [6, 6.07) is 3.93. The van der Waals surface area contributed by atoms with Gasteiger partial charge in [-0.05, 0) is 51.2 Å². The molecule has 0 radical (unpaired) electrons. The van der Waals surface area contributed by atoms with E-state index in [4.69, 9.17) is 14.2 Å². The summed E-state index contributed by atoms with van der Waals surface area (Å²) in [6.07, 6.45) is 2.70. The van der Waals surface area contributed by atoms with Crippen LogP contribution in [0.25, 0.3) is 0 Å². The molecule has 9 heteroatoms. The normalized spacial score (nSPS) is 23.6. The van der Waals surface area contributed by atoms with Gasteiger partial charge in [-0.2, -0.15) is 0 Å². The van der Waals surface area contributed by atoms with Crippen LogP contribution in [-0.4, -0.2) is 58.1 Å². The number of nitrogens with zero attached hydrogens (tertiary/aromatic N) is 1. The van der Waals surface area contributed by atoms with Gasteiger partial charge in [0.25, 0.3) is 0 Å². The zero-order chi connectivity index (χ0) is 21.9. The lowest BCUT2D eigenvalue weighted by Crippen LogP contribution is -2.40. The molecule has 2 aliphatic rings. The Hall–Kier alpha value is -1.71. The lowest BCUT2D eigenvalue weighted by atomic mass is 9.87. The first kappa shape index (κ1) is 23.0. The average molecular weight is 444 g/mol. The van der Waals surface area contributed by atoms with E-state index < -0.39 is 21.9 Å². The number of benzene rings is 1. The molecular formula is C21H30FNO6S. The van der Waals surface area contributed by atoms with Crippen molar-refractivity contribution in [1.29, 1.82) is 0 Å². The van der Waals surface area contributed by atoms with E-state index in [0.29, 0.717) is 37.8 Å². The van der Waals surface area contributed by atoms with Crippen LogP contribution in [0.3, 0.4) is 0 Å². The summed E-state index contributed by atoms with van der Waals surface area (Å²) in [7, 11) is -3.61. The van der Waals surface area contributed by atoms with Crippen LogP contribution < -0.4 is 0 Å². The van der Waals surface area contributed by atoms with Crippen LogP contribution in [0.1, 0.15) is 45.0 Å². The first-order chi connectivity index (χ1) is 14.1. The number of carbonyl (C=O) groups excluding carboxylic acids is 1. The molecule has 0 bridgehead atoms. The maximum Gasteiger partial charge on any atom is 0.410 e. The molecule has 1 aromatic rings. The van der Waals surface area contributed by atoms with Crippen molar-refractivity contribution in [2.75, 3.05) is 32.6 Å². The van der Waals surface area contributed by atoms with Crippen LogP contribution in [0, 0.1) is 17.7 Å². The molecule has 0 aromatic heterocycles. The van der Waals surface area contributed by atoms with E-state index in [1.165, 1.54) is 12.1 Å². The van der Waals surface area contributed by atoms with Gasteiger partial charge in [-0.1, -0.05) is 6.07 Å². The third-order valence-electron chi connectivity index (χ3n) is 5.47.